The maximum absolute atomic E-state index is 6.04. The first-order valence-corrected chi connectivity index (χ1v) is 7.22. The van der Waals surface area contributed by atoms with Gasteiger partial charge < -0.3 is 9.30 Å². The second-order valence-electron chi connectivity index (χ2n) is 5.64. The van der Waals surface area contributed by atoms with Crippen molar-refractivity contribution in [3.8, 4) is 5.75 Å². The fourth-order valence-electron chi connectivity index (χ4n) is 2.29. The van der Waals surface area contributed by atoms with Gasteiger partial charge in [0.15, 0.2) is 0 Å². The van der Waals surface area contributed by atoms with Crippen LogP contribution in [-0.2, 0) is 11.4 Å². The molecule has 0 unspecified atom stereocenters. The van der Waals surface area contributed by atoms with Gasteiger partial charge in [-0.15, -0.1) is 11.6 Å². The van der Waals surface area contributed by atoms with Crippen LogP contribution in [0.2, 0.25) is 0 Å². The fraction of sp³-hybridized carbons (Fsp3) is 0.533. The highest BCUT2D eigenvalue weighted by Gasteiger charge is 2.22. The van der Waals surface area contributed by atoms with E-state index in [9.17, 15) is 0 Å². The van der Waals surface area contributed by atoms with Gasteiger partial charge in [-0.1, -0.05) is 13.0 Å². The molecule has 104 valence electrons. The van der Waals surface area contributed by atoms with Crippen LogP contribution < -0.4 is 4.74 Å². The van der Waals surface area contributed by atoms with E-state index in [2.05, 4.69) is 43.3 Å². The average Bonchev–Trinajstić information content (AvgIpc) is 2.74. The molecule has 1 aromatic carbocycles. The number of alkyl halides is 1. The molecule has 0 N–H and O–H groups in total. The first-order chi connectivity index (χ1) is 8.99. The molecule has 0 saturated carbocycles. The predicted octanol–water partition coefficient (Wildman–Crippen LogP) is 4.32. The lowest BCUT2D eigenvalue weighted by atomic mass is 10.1. The molecule has 0 bridgehead atoms. The Bertz CT molecular complexity index is 569. The maximum atomic E-state index is 6.04. The molecule has 0 spiro atoms. The van der Waals surface area contributed by atoms with Gasteiger partial charge in [0.25, 0.3) is 0 Å². The van der Waals surface area contributed by atoms with E-state index in [1.807, 2.05) is 12.1 Å². The Hall–Kier alpha value is -1.22. The number of para-hydroxylation sites is 1. The summed E-state index contributed by atoms with van der Waals surface area (Å²) in [6.07, 6.45) is 0.985. The number of hydrogen-bond acceptors (Lipinski definition) is 2. The van der Waals surface area contributed by atoms with Crippen molar-refractivity contribution in [3.63, 3.8) is 0 Å². The van der Waals surface area contributed by atoms with Crippen LogP contribution in [0, 0.1) is 0 Å². The zero-order chi connectivity index (χ0) is 14.0. The van der Waals surface area contributed by atoms with Gasteiger partial charge in [0, 0.05) is 5.54 Å². The number of ether oxygens (including phenoxy) is 1. The largest absolute Gasteiger partial charge is 0.491 e. The molecule has 2 aromatic rings. The summed E-state index contributed by atoms with van der Waals surface area (Å²) >= 11 is 6.04. The summed E-state index contributed by atoms with van der Waals surface area (Å²) in [6, 6.07) is 6.05. The number of imidazole rings is 1. The molecule has 0 saturated heterocycles. The van der Waals surface area contributed by atoms with Gasteiger partial charge in [0.2, 0.25) is 0 Å². The zero-order valence-electron chi connectivity index (χ0n) is 12.0. The Morgan fingerprint density at radius 2 is 2.05 bits per heavy atom. The fourth-order valence-corrected chi connectivity index (χ4v) is 2.47. The molecule has 1 aromatic heterocycles. The minimum Gasteiger partial charge on any atom is -0.491 e. The molecule has 3 nitrogen and oxygen atoms in total. The van der Waals surface area contributed by atoms with Crippen molar-refractivity contribution in [2.45, 2.75) is 45.5 Å². The van der Waals surface area contributed by atoms with Crippen LogP contribution in [-0.4, -0.2) is 16.2 Å². The molecule has 0 radical (unpaired) electrons. The van der Waals surface area contributed by atoms with Crippen molar-refractivity contribution in [2.75, 3.05) is 6.61 Å². The lowest BCUT2D eigenvalue weighted by Crippen LogP contribution is -2.23. The number of aromatic nitrogens is 2. The van der Waals surface area contributed by atoms with Crippen molar-refractivity contribution in [1.82, 2.24) is 9.55 Å². The standard InChI is InChI=1S/C15H21ClN2O/c1-5-9-19-12-8-6-7-11-14(12)17-13(10-16)18(11)15(2,3)4/h6-8H,5,9-10H2,1-4H3. The summed E-state index contributed by atoms with van der Waals surface area (Å²) in [5, 5.41) is 0. The Morgan fingerprint density at radius 3 is 2.63 bits per heavy atom. The molecule has 4 heteroatoms. The van der Waals surface area contributed by atoms with E-state index in [1.54, 1.807) is 0 Å². The molecular formula is C15H21ClN2O. The van der Waals surface area contributed by atoms with Crippen LogP contribution >= 0.6 is 11.6 Å². The Balaban J connectivity index is 2.63. The Kier molecular flexibility index (Phi) is 4.04. The van der Waals surface area contributed by atoms with Gasteiger partial charge >= 0.3 is 0 Å². The minimum absolute atomic E-state index is 0.0532. The Morgan fingerprint density at radius 1 is 1.32 bits per heavy atom. The van der Waals surface area contributed by atoms with E-state index in [1.165, 1.54) is 0 Å². The number of fused-ring (bicyclic) bond motifs is 1. The van der Waals surface area contributed by atoms with E-state index >= 15 is 0 Å². The average molecular weight is 281 g/mol. The first-order valence-electron chi connectivity index (χ1n) is 6.68. The Labute approximate surface area is 119 Å². The van der Waals surface area contributed by atoms with Crippen LogP contribution in [0.1, 0.15) is 39.9 Å². The second kappa shape index (κ2) is 5.41. The summed E-state index contributed by atoms with van der Waals surface area (Å²) in [5.41, 5.74) is 1.93. The number of hydrogen-bond donors (Lipinski definition) is 0. The highest BCUT2D eigenvalue weighted by Crippen LogP contribution is 2.31. The molecular weight excluding hydrogens is 260 g/mol. The molecule has 19 heavy (non-hydrogen) atoms. The summed E-state index contributed by atoms with van der Waals surface area (Å²) in [6.45, 7) is 9.27. The normalized spacial score (nSPS) is 12.1. The summed E-state index contributed by atoms with van der Waals surface area (Å²) in [4.78, 5) is 4.66. The molecule has 0 fully saturated rings. The third-order valence-corrected chi connectivity index (χ3v) is 3.21. The summed E-state index contributed by atoms with van der Waals surface area (Å²) < 4.78 is 7.96. The minimum atomic E-state index is -0.0532. The highest BCUT2D eigenvalue weighted by molar-refractivity contribution is 6.16. The van der Waals surface area contributed by atoms with Crippen molar-refractivity contribution in [1.29, 1.82) is 0 Å². The lowest BCUT2D eigenvalue weighted by molar-refractivity contribution is 0.320. The van der Waals surface area contributed by atoms with Crippen LogP contribution in [0.15, 0.2) is 18.2 Å². The molecule has 0 atom stereocenters. The number of rotatable bonds is 4. The maximum Gasteiger partial charge on any atom is 0.147 e. The number of nitrogens with zero attached hydrogens (tertiary/aromatic N) is 2. The molecule has 0 aliphatic carbocycles. The quantitative estimate of drug-likeness (QED) is 0.780. The van der Waals surface area contributed by atoms with Crippen LogP contribution in [0.3, 0.4) is 0 Å². The van der Waals surface area contributed by atoms with Crippen LogP contribution in [0.25, 0.3) is 11.0 Å². The van der Waals surface area contributed by atoms with Gasteiger partial charge in [-0.25, -0.2) is 4.98 Å². The molecule has 0 aliphatic rings. The number of halogens is 1. The van der Waals surface area contributed by atoms with Crippen molar-refractivity contribution >= 4 is 22.6 Å². The van der Waals surface area contributed by atoms with E-state index < -0.39 is 0 Å². The van der Waals surface area contributed by atoms with Crippen LogP contribution in [0.5, 0.6) is 5.75 Å². The van der Waals surface area contributed by atoms with Crippen molar-refractivity contribution in [2.24, 2.45) is 0 Å². The first kappa shape index (κ1) is 14.2. The van der Waals surface area contributed by atoms with Gasteiger partial charge in [-0.3, -0.25) is 0 Å². The smallest absolute Gasteiger partial charge is 0.147 e. The molecule has 0 aliphatic heterocycles. The van der Waals surface area contributed by atoms with E-state index in [0.717, 1.165) is 29.0 Å². The van der Waals surface area contributed by atoms with E-state index in [4.69, 9.17) is 16.3 Å². The lowest BCUT2D eigenvalue weighted by Gasteiger charge is -2.24. The van der Waals surface area contributed by atoms with Gasteiger partial charge in [0.05, 0.1) is 18.0 Å². The van der Waals surface area contributed by atoms with Gasteiger partial charge in [-0.2, -0.15) is 0 Å². The molecule has 2 rings (SSSR count). The summed E-state index contributed by atoms with van der Waals surface area (Å²) in [7, 11) is 0. The van der Waals surface area contributed by atoms with Gasteiger partial charge in [0.1, 0.15) is 17.1 Å². The molecule has 0 amide bonds. The van der Waals surface area contributed by atoms with E-state index in [0.29, 0.717) is 12.5 Å². The monoisotopic (exact) mass is 280 g/mol. The predicted molar refractivity (Wildman–Crippen MR) is 80.1 cm³/mol. The highest BCUT2D eigenvalue weighted by atomic mass is 35.5. The third-order valence-electron chi connectivity index (χ3n) is 2.97. The third kappa shape index (κ3) is 2.71. The van der Waals surface area contributed by atoms with Crippen molar-refractivity contribution in [3.05, 3.63) is 24.0 Å². The van der Waals surface area contributed by atoms with Gasteiger partial charge in [-0.05, 0) is 39.3 Å². The zero-order valence-corrected chi connectivity index (χ0v) is 12.8. The summed E-state index contributed by atoms with van der Waals surface area (Å²) in [5.74, 6) is 2.13. The topological polar surface area (TPSA) is 27.1 Å². The number of benzene rings is 1. The second-order valence-corrected chi connectivity index (χ2v) is 5.91. The van der Waals surface area contributed by atoms with Crippen molar-refractivity contribution < 1.29 is 4.74 Å². The van der Waals surface area contributed by atoms with E-state index in [-0.39, 0.29) is 5.54 Å². The molecule has 1 heterocycles. The SMILES string of the molecule is CCCOc1cccc2c1nc(CCl)n2C(C)(C)C. The van der Waals surface area contributed by atoms with Crippen LogP contribution in [0.4, 0.5) is 0 Å².